The van der Waals surface area contributed by atoms with E-state index in [0.29, 0.717) is 17.2 Å². The number of carbonyl (C=O) groups is 1. The van der Waals surface area contributed by atoms with E-state index in [1.54, 1.807) is 43.8 Å². The Bertz CT molecular complexity index is 964. The molecule has 0 unspecified atom stereocenters. The number of thiophene rings is 1. The van der Waals surface area contributed by atoms with Crippen molar-refractivity contribution in [1.29, 1.82) is 0 Å². The second-order valence-electron chi connectivity index (χ2n) is 6.48. The highest BCUT2D eigenvalue weighted by atomic mass is 32.1. The predicted molar refractivity (Wildman–Crippen MR) is 113 cm³/mol. The number of hydrogen-bond donors (Lipinski definition) is 2. The molecule has 7 heteroatoms. The molecule has 1 aromatic carbocycles. The van der Waals surface area contributed by atoms with Crippen molar-refractivity contribution < 1.29 is 14.3 Å². The first-order chi connectivity index (χ1) is 13.4. The lowest BCUT2D eigenvalue weighted by Gasteiger charge is -2.18. The Kier molecular flexibility index (Phi) is 5.94. The summed E-state index contributed by atoms with van der Waals surface area (Å²) in [5.74, 6) is 1.20. The van der Waals surface area contributed by atoms with Crippen molar-refractivity contribution in [2.75, 3.05) is 19.5 Å². The minimum Gasteiger partial charge on any atom is -0.497 e. The van der Waals surface area contributed by atoms with Gasteiger partial charge in [-0.2, -0.15) is 0 Å². The molecule has 0 aliphatic rings. The number of ether oxygens (including phenoxy) is 2. The van der Waals surface area contributed by atoms with E-state index in [1.807, 2.05) is 31.5 Å². The van der Waals surface area contributed by atoms with Gasteiger partial charge >= 0.3 is 6.03 Å². The van der Waals surface area contributed by atoms with E-state index < -0.39 is 0 Å². The van der Waals surface area contributed by atoms with Crippen LogP contribution in [-0.4, -0.2) is 24.8 Å². The smallest absolute Gasteiger partial charge is 0.319 e. The molecule has 148 valence electrons. The fraction of sp³-hybridized carbons (Fsp3) is 0.286. The molecule has 0 aliphatic carbocycles. The van der Waals surface area contributed by atoms with Gasteiger partial charge in [0, 0.05) is 28.9 Å². The summed E-state index contributed by atoms with van der Waals surface area (Å²) in [6.45, 7) is 6.19. The van der Waals surface area contributed by atoms with E-state index in [1.165, 1.54) is 10.4 Å². The zero-order chi connectivity index (χ0) is 20.3. The number of nitrogens with zero attached hydrogens (tertiary/aromatic N) is 1. The number of urea groups is 1. The largest absolute Gasteiger partial charge is 0.497 e. The number of amides is 2. The topological polar surface area (TPSA) is 64.5 Å². The Morgan fingerprint density at radius 3 is 2.50 bits per heavy atom. The number of nitrogens with one attached hydrogen (secondary N) is 2. The second-order valence-corrected chi connectivity index (χ2v) is 7.68. The molecule has 0 saturated heterocycles. The normalized spacial score (nSPS) is 11.8. The maximum atomic E-state index is 12.6. The lowest BCUT2D eigenvalue weighted by molar-refractivity contribution is 0.249. The standard InChI is InChI=1S/C21H25N3O3S/c1-13-15(3)28-20(24-10-6-7-11-24)19(13)14(2)22-21(25)23-17-9-8-16(26-4)12-18(17)27-5/h6-12,14H,1-5H3,(H2,22,23,25)/t14-/m0/s1. The number of anilines is 1. The van der Waals surface area contributed by atoms with Crippen molar-refractivity contribution in [1.82, 2.24) is 9.88 Å². The minimum absolute atomic E-state index is 0.161. The van der Waals surface area contributed by atoms with Crippen LogP contribution in [0.15, 0.2) is 42.7 Å². The van der Waals surface area contributed by atoms with E-state index in [9.17, 15) is 4.79 Å². The molecule has 0 bridgehead atoms. The van der Waals surface area contributed by atoms with Gasteiger partial charge in [0.05, 0.1) is 25.9 Å². The van der Waals surface area contributed by atoms with Crippen LogP contribution in [0.5, 0.6) is 11.5 Å². The molecule has 0 saturated carbocycles. The molecule has 2 N–H and O–H groups in total. The van der Waals surface area contributed by atoms with Crippen LogP contribution in [0.1, 0.15) is 29.0 Å². The van der Waals surface area contributed by atoms with Crippen molar-refractivity contribution in [3.63, 3.8) is 0 Å². The first-order valence-corrected chi connectivity index (χ1v) is 9.79. The highest BCUT2D eigenvalue weighted by Crippen LogP contribution is 2.35. The fourth-order valence-corrected chi connectivity index (χ4v) is 4.35. The lowest BCUT2D eigenvalue weighted by atomic mass is 10.1. The summed E-state index contributed by atoms with van der Waals surface area (Å²) in [7, 11) is 3.14. The highest BCUT2D eigenvalue weighted by molar-refractivity contribution is 7.14. The molecule has 2 aromatic heterocycles. The van der Waals surface area contributed by atoms with Gasteiger partial charge in [0.25, 0.3) is 0 Å². The van der Waals surface area contributed by atoms with E-state index in [4.69, 9.17) is 9.47 Å². The quantitative estimate of drug-likeness (QED) is 0.609. The Morgan fingerprint density at radius 2 is 1.86 bits per heavy atom. The SMILES string of the molecule is COc1ccc(NC(=O)N[C@@H](C)c2c(-n3cccc3)sc(C)c2C)c(OC)c1. The van der Waals surface area contributed by atoms with Gasteiger partial charge in [-0.1, -0.05) is 0 Å². The van der Waals surface area contributed by atoms with Gasteiger partial charge < -0.3 is 24.7 Å². The predicted octanol–water partition coefficient (Wildman–Crippen LogP) is 5.06. The molecule has 0 aliphatic heterocycles. The van der Waals surface area contributed by atoms with Crippen molar-refractivity contribution >= 4 is 23.1 Å². The first kappa shape index (κ1) is 19.8. The van der Waals surface area contributed by atoms with Gasteiger partial charge in [0.15, 0.2) is 0 Å². The first-order valence-electron chi connectivity index (χ1n) is 8.97. The maximum Gasteiger partial charge on any atom is 0.319 e. The van der Waals surface area contributed by atoms with E-state index in [-0.39, 0.29) is 12.1 Å². The van der Waals surface area contributed by atoms with Gasteiger partial charge in [-0.15, -0.1) is 11.3 Å². The van der Waals surface area contributed by atoms with Crippen LogP contribution < -0.4 is 20.1 Å². The van der Waals surface area contributed by atoms with E-state index in [0.717, 1.165) is 10.6 Å². The Hall–Kier alpha value is -2.93. The summed E-state index contributed by atoms with van der Waals surface area (Å²) < 4.78 is 12.6. The molecule has 1 atom stereocenters. The van der Waals surface area contributed by atoms with Gasteiger partial charge in [0.1, 0.15) is 16.5 Å². The van der Waals surface area contributed by atoms with E-state index in [2.05, 4.69) is 29.0 Å². The molecule has 2 amide bonds. The van der Waals surface area contributed by atoms with Crippen LogP contribution >= 0.6 is 11.3 Å². The Labute approximate surface area is 169 Å². The number of benzene rings is 1. The number of aryl methyl sites for hydroxylation is 1. The third kappa shape index (κ3) is 3.99. The van der Waals surface area contributed by atoms with Gasteiger partial charge in [-0.05, 0) is 50.6 Å². The fourth-order valence-electron chi connectivity index (χ4n) is 3.13. The lowest BCUT2D eigenvalue weighted by Crippen LogP contribution is -2.31. The number of rotatable bonds is 6. The average molecular weight is 400 g/mol. The summed E-state index contributed by atoms with van der Waals surface area (Å²) in [4.78, 5) is 13.9. The summed E-state index contributed by atoms with van der Waals surface area (Å²) in [5.41, 5.74) is 2.90. The maximum absolute atomic E-state index is 12.6. The molecule has 6 nitrogen and oxygen atoms in total. The van der Waals surface area contributed by atoms with Crippen LogP contribution in [0.25, 0.3) is 5.00 Å². The highest BCUT2D eigenvalue weighted by Gasteiger charge is 2.21. The molecule has 2 heterocycles. The van der Waals surface area contributed by atoms with Crippen LogP contribution in [0.3, 0.4) is 0 Å². The summed E-state index contributed by atoms with van der Waals surface area (Å²) in [6.07, 6.45) is 4.03. The van der Waals surface area contributed by atoms with Crippen molar-refractivity contribution in [2.45, 2.75) is 26.8 Å². The van der Waals surface area contributed by atoms with Crippen molar-refractivity contribution in [3.8, 4) is 16.5 Å². The van der Waals surface area contributed by atoms with Gasteiger partial charge in [0.2, 0.25) is 0 Å². The number of aromatic nitrogens is 1. The third-order valence-electron chi connectivity index (χ3n) is 4.69. The molecule has 0 radical (unpaired) electrons. The summed E-state index contributed by atoms with van der Waals surface area (Å²) in [5, 5.41) is 7.02. The van der Waals surface area contributed by atoms with Gasteiger partial charge in [-0.25, -0.2) is 4.79 Å². The molecule has 0 spiro atoms. The van der Waals surface area contributed by atoms with Crippen LogP contribution in [0.2, 0.25) is 0 Å². The Balaban J connectivity index is 1.79. The zero-order valence-corrected chi connectivity index (χ0v) is 17.5. The molecule has 3 aromatic rings. The Morgan fingerprint density at radius 1 is 1.14 bits per heavy atom. The zero-order valence-electron chi connectivity index (χ0n) is 16.7. The van der Waals surface area contributed by atoms with Crippen molar-refractivity contribution in [2.24, 2.45) is 0 Å². The average Bonchev–Trinajstić information content (AvgIpc) is 3.30. The van der Waals surface area contributed by atoms with Crippen LogP contribution in [0, 0.1) is 13.8 Å². The van der Waals surface area contributed by atoms with Crippen molar-refractivity contribution in [3.05, 3.63) is 58.7 Å². The number of carbonyl (C=O) groups excluding carboxylic acids is 1. The minimum atomic E-state index is -0.294. The molecular formula is C21H25N3O3S. The molecule has 0 fully saturated rings. The summed E-state index contributed by atoms with van der Waals surface area (Å²) >= 11 is 1.73. The molecular weight excluding hydrogens is 374 g/mol. The van der Waals surface area contributed by atoms with Gasteiger partial charge in [-0.3, -0.25) is 0 Å². The third-order valence-corrected chi connectivity index (χ3v) is 5.93. The second kappa shape index (κ2) is 8.39. The van der Waals surface area contributed by atoms with Crippen LogP contribution in [-0.2, 0) is 0 Å². The summed E-state index contributed by atoms with van der Waals surface area (Å²) in [6, 6.07) is 8.80. The van der Waals surface area contributed by atoms with Crippen LogP contribution in [0.4, 0.5) is 10.5 Å². The molecule has 28 heavy (non-hydrogen) atoms. The monoisotopic (exact) mass is 399 g/mol. The van der Waals surface area contributed by atoms with E-state index >= 15 is 0 Å². The molecule has 3 rings (SSSR count). The number of methoxy groups -OCH3 is 2. The number of hydrogen-bond acceptors (Lipinski definition) is 4.